The Bertz CT molecular complexity index is 1100. The Morgan fingerprint density at radius 2 is 1.84 bits per heavy atom. The van der Waals surface area contributed by atoms with Gasteiger partial charge in [0.05, 0.1) is 36.9 Å². The molecule has 162 valence electrons. The predicted molar refractivity (Wildman–Crippen MR) is 116 cm³/mol. The van der Waals surface area contributed by atoms with Crippen LogP contribution < -0.4 is 5.32 Å². The number of halogens is 1. The number of nitro groups is 2. The summed E-state index contributed by atoms with van der Waals surface area (Å²) in [5.74, 6) is -1.72. The van der Waals surface area contributed by atoms with Crippen molar-refractivity contribution in [2.75, 3.05) is 5.32 Å². The lowest BCUT2D eigenvalue weighted by atomic mass is 9.78. The number of carboxylic acids is 1. The molecule has 0 radical (unpaired) electrons. The highest BCUT2D eigenvalue weighted by Gasteiger charge is 2.52. The Kier molecular flexibility index (Phi) is 5.52. The fourth-order valence-corrected chi connectivity index (χ4v) is 6.59. The van der Waals surface area contributed by atoms with Gasteiger partial charge in [-0.25, -0.2) is 4.79 Å². The third-order valence-corrected chi connectivity index (χ3v) is 8.11. The molecule has 2 aromatic rings. The van der Waals surface area contributed by atoms with Crippen LogP contribution >= 0.6 is 23.4 Å². The van der Waals surface area contributed by atoms with Crippen molar-refractivity contribution in [3.63, 3.8) is 0 Å². The highest BCUT2D eigenvalue weighted by Crippen LogP contribution is 2.57. The van der Waals surface area contributed by atoms with Crippen molar-refractivity contribution in [3.8, 4) is 0 Å². The van der Waals surface area contributed by atoms with Gasteiger partial charge in [0.25, 0.3) is 11.4 Å². The van der Waals surface area contributed by atoms with E-state index in [0.717, 1.165) is 0 Å². The van der Waals surface area contributed by atoms with Crippen LogP contribution in [0.5, 0.6) is 0 Å². The number of nitrogens with one attached hydrogen (secondary N) is 1. The molecular formula is C20H18ClN3O6S. The first-order chi connectivity index (χ1) is 14.7. The van der Waals surface area contributed by atoms with E-state index in [1.54, 1.807) is 18.2 Å². The number of aromatic carboxylic acids is 1. The summed E-state index contributed by atoms with van der Waals surface area (Å²) in [5, 5.41) is 35.0. The molecule has 1 aliphatic carbocycles. The van der Waals surface area contributed by atoms with Gasteiger partial charge in [0.2, 0.25) is 0 Å². The molecule has 11 heteroatoms. The number of hydrogen-bond donors (Lipinski definition) is 2. The number of benzene rings is 2. The summed E-state index contributed by atoms with van der Waals surface area (Å²) in [5.41, 5.74) is 0.314. The Morgan fingerprint density at radius 1 is 1.16 bits per heavy atom. The average Bonchev–Trinajstić information content (AvgIpc) is 3.04. The molecule has 1 saturated carbocycles. The summed E-state index contributed by atoms with van der Waals surface area (Å²) < 4.78 is 0. The second-order valence-electron chi connectivity index (χ2n) is 7.67. The van der Waals surface area contributed by atoms with E-state index in [2.05, 4.69) is 5.32 Å². The van der Waals surface area contributed by atoms with Crippen molar-refractivity contribution in [3.05, 3.63) is 67.8 Å². The smallest absolute Gasteiger partial charge is 0.337 e. The number of anilines is 1. The van der Waals surface area contributed by atoms with Gasteiger partial charge < -0.3 is 10.4 Å². The lowest BCUT2D eigenvalue weighted by Gasteiger charge is -2.36. The van der Waals surface area contributed by atoms with E-state index in [9.17, 15) is 30.1 Å². The SMILES string of the molecule is C[C@H]1Nc2c(C(=O)O)ccc([N+](=O)[O-])c2[C@H]2[C@@H](Cl)[C@@H](Sc3ccccc3[N+](=O)[O-])C[C@H]21. The number of rotatable bonds is 5. The minimum absolute atomic E-state index is 0.0167. The van der Waals surface area contributed by atoms with Crippen molar-refractivity contribution in [2.24, 2.45) is 5.92 Å². The molecular weight excluding hydrogens is 446 g/mol. The summed E-state index contributed by atoms with van der Waals surface area (Å²) in [6, 6.07) is 8.67. The molecule has 9 nitrogen and oxygen atoms in total. The van der Waals surface area contributed by atoms with Gasteiger partial charge in [0, 0.05) is 29.3 Å². The predicted octanol–water partition coefficient (Wildman–Crippen LogP) is 4.89. The number of nitro benzene ring substituents is 2. The van der Waals surface area contributed by atoms with Crippen LogP contribution in [0.4, 0.5) is 17.1 Å². The highest BCUT2D eigenvalue weighted by atomic mass is 35.5. The number of para-hydroxylation sites is 1. The van der Waals surface area contributed by atoms with Crippen molar-refractivity contribution < 1.29 is 19.7 Å². The molecule has 0 bridgehead atoms. The number of carboxylic acid groups (broad SMARTS) is 1. The Balaban J connectivity index is 1.77. The molecule has 1 aliphatic heterocycles. The molecule has 0 unspecified atom stereocenters. The summed E-state index contributed by atoms with van der Waals surface area (Å²) in [7, 11) is 0. The van der Waals surface area contributed by atoms with E-state index in [4.69, 9.17) is 11.6 Å². The van der Waals surface area contributed by atoms with Gasteiger partial charge in [0.15, 0.2) is 0 Å². The molecule has 1 fully saturated rings. The highest BCUT2D eigenvalue weighted by molar-refractivity contribution is 8.00. The fourth-order valence-electron chi connectivity index (χ4n) is 4.66. The van der Waals surface area contributed by atoms with Gasteiger partial charge in [0.1, 0.15) is 0 Å². The van der Waals surface area contributed by atoms with Crippen molar-refractivity contribution in [1.82, 2.24) is 0 Å². The number of carbonyl (C=O) groups is 1. The number of hydrogen-bond acceptors (Lipinski definition) is 7. The van der Waals surface area contributed by atoms with Crippen LogP contribution in [0.2, 0.25) is 0 Å². The third kappa shape index (κ3) is 3.59. The molecule has 2 N–H and O–H groups in total. The monoisotopic (exact) mass is 463 g/mol. The van der Waals surface area contributed by atoms with Gasteiger partial charge >= 0.3 is 5.97 Å². The van der Waals surface area contributed by atoms with Crippen LogP contribution in [0.15, 0.2) is 41.3 Å². The lowest BCUT2D eigenvalue weighted by Crippen LogP contribution is -2.36. The first kappa shape index (κ1) is 21.4. The fraction of sp³-hybridized carbons (Fsp3) is 0.350. The maximum absolute atomic E-state index is 11.7. The first-order valence-corrected chi connectivity index (χ1v) is 10.9. The summed E-state index contributed by atoms with van der Waals surface area (Å²) in [6.45, 7) is 1.90. The molecule has 5 atom stereocenters. The number of thioether (sulfide) groups is 1. The molecule has 1 heterocycles. The summed E-state index contributed by atoms with van der Waals surface area (Å²) in [6.07, 6.45) is 0.581. The van der Waals surface area contributed by atoms with Crippen LogP contribution in [0.25, 0.3) is 0 Å². The molecule has 0 aromatic heterocycles. The van der Waals surface area contributed by atoms with Crippen molar-refractivity contribution in [1.29, 1.82) is 0 Å². The second-order valence-corrected chi connectivity index (χ2v) is 9.45. The van der Waals surface area contributed by atoms with Gasteiger partial charge in [-0.2, -0.15) is 0 Å². The zero-order valence-corrected chi connectivity index (χ0v) is 17.8. The Labute approximate surface area is 186 Å². The van der Waals surface area contributed by atoms with E-state index in [0.29, 0.717) is 16.9 Å². The number of fused-ring (bicyclic) bond motifs is 3. The van der Waals surface area contributed by atoms with Crippen LogP contribution in [-0.2, 0) is 0 Å². The van der Waals surface area contributed by atoms with Crippen LogP contribution in [0.1, 0.15) is 35.2 Å². The molecule has 0 saturated heterocycles. The van der Waals surface area contributed by atoms with Crippen molar-refractivity contribution in [2.45, 2.75) is 40.8 Å². The lowest BCUT2D eigenvalue weighted by molar-refractivity contribution is -0.387. The van der Waals surface area contributed by atoms with Crippen molar-refractivity contribution >= 4 is 46.4 Å². The number of alkyl halides is 1. The van der Waals surface area contributed by atoms with Gasteiger partial charge in [-0.1, -0.05) is 12.1 Å². The minimum atomic E-state index is -1.18. The van der Waals surface area contributed by atoms with E-state index in [-0.39, 0.29) is 39.8 Å². The molecule has 0 amide bonds. The molecule has 0 spiro atoms. The van der Waals surface area contributed by atoms with Gasteiger partial charge in [-0.3, -0.25) is 20.2 Å². The largest absolute Gasteiger partial charge is 0.478 e. The Morgan fingerprint density at radius 3 is 2.48 bits per heavy atom. The van der Waals surface area contributed by atoms with E-state index < -0.39 is 27.1 Å². The van der Waals surface area contributed by atoms with E-state index >= 15 is 0 Å². The third-order valence-electron chi connectivity index (χ3n) is 6.00. The maximum atomic E-state index is 11.7. The topological polar surface area (TPSA) is 136 Å². The van der Waals surface area contributed by atoms with Crippen LogP contribution in [-0.4, -0.2) is 37.6 Å². The minimum Gasteiger partial charge on any atom is -0.478 e. The van der Waals surface area contributed by atoms with Gasteiger partial charge in [-0.05, 0) is 31.4 Å². The zero-order valence-electron chi connectivity index (χ0n) is 16.2. The number of nitrogens with zero attached hydrogens (tertiary/aromatic N) is 2. The quantitative estimate of drug-likeness (QED) is 0.363. The second kappa shape index (κ2) is 8.01. The van der Waals surface area contributed by atoms with E-state index in [1.165, 1.54) is 30.0 Å². The summed E-state index contributed by atoms with van der Waals surface area (Å²) in [4.78, 5) is 34.4. The molecule has 2 aromatic carbocycles. The normalized spacial score (nSPS) is 26.5. The molecule has 2 aliphatic rings. The summed E-state index contributed by atoms with van der Waals surface area (Å²) >= 11 is 8.14. The molecule has 4 rings (SSSR count). The standard InChI is InChI=1S/C20H18ClN3O6S/c1-9-11-8-15(31-14-5-3-2-4-12(14)23(27)28)18(21)16(11)17-13(24(29)30)7-6-10(20(25)26)19(17)22-9/h2-7,9,11,15-16,18,22H,8H2,1H3,(H,25,26)/t9-,11+,15+,16+,18+/m1/s1. The van der Waals surface area contributed by atoms with E-state index in [1.807, 2.05) is 6.92 Å². The van der Waals surface area contributed by atoms with Gasteiger partial charge in [-0.15, -0.1) is 23.4 Å². The first-order valence-electron chi connectivity index (χ1n) is 9.56. The average molecular weight is 464 g/mol. The maximum Gasteiger partial charge on any atom is 0.337 e. The zero-order chi connectivity index (χ0) is 22.4. The Hall–Kier alpha value is -2.85. The van der Waals surface area contributed by atoms with Crippen LogP contribution in [0.3, 0.4) is 0 Å². The van der Waals surface area contributed by atoms with Crippen LogP contribution in [0, 0.1) is 26.1 Å². The molecule has 31 heavy (non-hydrogen) atoms.